The number of hydrogen-bond donors (Lipinski definition) is 2. The summed E-state index contributed by atoms with van der Waals surface area (Å²) in [5, 5.41) is 7.12. The third-order valence-electron chi connectivity index (χ3n) is 5.21. The van der Waals surface area contributed by atoms with E-state index in [1.54, 1.807) is 0 Å². The lowest BCUT2D eigenvalue weighted by Crippen LogP contribution is -2.36. The van der Waals surface area contributed by atoms with Gasteiger partial charge in [0, 0.05) is 12.6 Å². The van der Waals surface area contributed by atoms with Crippen LogP contribution in [0.1, 0.15) is 31.4 Å². The molecule has 2 N–H and O–H groups in total. The summed E-state index contributed by atoms with van der Waals surface area (Å²) in [7, 11) is 0. The molecule has 1 unspecified atom stereocenters. The summed E-state index contributed by atoms with van der Waals surface area (Å²) in [4.78, 5) is 4.89. The molecule has 0 bridgehead atoms. The SMILES string of the molecule is CCOC(Cn1c(NC2CCNCC2)nc2ccccc21)c1ccccc1. The van der Waals surface area contributed by atoms with Gasteiger partial charge in [0.2, 0.25) is 5.95 Å². The van der Waals surface area contributed by atoms with Crippen molar-refractivity contribution < 1.29 is 4.74 Å². The maximum atomic E-state index is 6.11. The number of rotatable bonds is 7. The van der Waals surface area contributed by atoms with Crippen molar-refractivity contribution in [3.8, 4) is 0 Å². The van der Waals surface area contributed by atoms with Crippen LogP contribution in [0.2, 0.25) is 0 Å². The lowest BCUT2D eigenvalue weighted by atomic mass is 10.1. The van der Waals surface area contributed by atoms with E-state index < -0.39 is 0 Å². The molecular weight excluding hydrogens is 336 g/mol. The van der Waals surface area contributed by atoms with Gasteiger partial charge in [-0.3, -0.25) is 0 Å². The zero-order valence-corrected chi connectivity index (χ0v) is 15.9. The Labute approximate surface area is 160 Å². The van der Waals surface area contributed by atoms with Crippen molar-refractivity contribution in [3.05, 3.63) is 60.2 Å². The van der Waals surface area contributed by atoms with Crippen LogP contribution >= 0.6 is 0 Å². The Morgan fingerprint density at radius 3 is 2.63 bits per heavy atom. The van der Waals surface area contributed by atoms with E-state index in [4.69, 9.17) is 9.72 Å². The molecule has 142 valence electrons. The third-order valence-corrected chi connectivity index (χ3v) is 5.21. The normalized spacial score (nSPS) is 16.5. The molecule has 27 heavy (non-hydrogen) atoms. The van der Waals surface area contributed by atoms with Gasteiger partial charge in [-0.15, -0.1) is 0 Å². The predicted octanol–water partition coefficient (Wildman–Crippen LogP) is 3.98. The Balaban J connectivity index is 1.66. The van der Waals surface area contributed by atoms with E-state index in [-0.39, 0.29) is 6.10 Å². The van der Waals surface area contributed by atoms with Gasteiger partial charge in [-0.05, 0) is 50.6 Å². The van der Waals surface area contributed by atoms with Crippen LogP contribution in [-0.4, -0.2) is 35.3 Å². The zero-order valence-electron chi connectivity index (χ0n) is 15.9. The van der Waals surface area contributed by atoms with Crippen molar-refractivity contribution in [3.63, 3.8) is 0 Å². The molecule has 1 aliphatic heterocycles. The molecule has 0 amide bonds. The first-order valence-corrected chi connectivity index (χ1v) is 9.94. The molecule has 0 aliphatic carbocycles. The largest absolute Gasteiger partial charge is 0.372 e. The highest BCUT2D eigenvalue weighted by Gasteiger charge is 2.20. The first kappa shape index (κ1) is 18.0. The number of ether oxygens (including phenoxy) is 1. The minimum atomic E-state index is 0.00220. The van der Waals surface area contributed by atoms with E-state index in [1.165, 1.54) is 5.56 Å². The fraction of sp³-hybridized carbons (Fsp3) is 0.409. The Bertz CT molecular complexity index is 855. The van der Waals surface area contributed by atoms with Gasteiger partial charge < -0.3 is 19.9 Å². The minimum Gasteiger partial charge on any atom is -0.372 e. The molecular formula is C22H28N4O. The maximum Gasteiger partial charge on any atom is 0.204 e. The molecule has 0 saturated carbocycles. The van der Waals surface area contributed by atoms with Crippen molar-refractivity contribution >= 4 is 17.0 Å². The van der Waals surface area contributed by atoms with Crippen LogP contribution < -0.4 is 10.6 Å². The van der Waals surface area contributed by atoms with E-state index in [0.29, 0.717) is 12.6 Å². The number of nitrogens with one attached hydrogen (secondary N) is 2. The van der Waals surface area contributed by atoms with Gasteiger partial charge in [0.25, 0.3) is 0 Å². The van der Waals surface area contributed by atoms with Crippen LogP contribution in [0.15, 0.2) is 54.6 Å². The molecule has 5 nitrogen and oxygen atoms in total. The Kier molecular flexibility index (Phi) is 5.70. The van der Waals surface area contributed by atoms with Crippen molar-refractivity contribution in [1.82, 2.24) is 14.9 Å². The maximum absolute atomic E-state index is 6.11. The number of hydrogen-bond acceptors (Lipinski definition) is 4. The Hall–Kier alpha value is -2.37. The minimum absolute atomic E-state index is 0.00220. The number of benzene rings is 2. The molecule has 1 aliphatic rings. The summed E-state index contributed by atoms with van der Waals surface area (Å²) in [6, 6.07) is 19.3. The first-order chi connectivity index (χ1) is 13.3. The molecule has 1 aromatic heterocycles. The average Bonchev–Trinajstić information content (AvgIpc) is 3.06. The number of imidazole rings is 1. The van der Waals surface area contributed by atoms with E-state index in [0.717, 1.165) is 49.5 Å². The van der Waals surface area contributed by atoms with Gasteiger partial charge in [0.15, 0.2) is 0 Å². The van der Waals surface area contributed by atoms with Crippen LogP contribution in [0.3, 0.4) is 0 Å². The van der Waals surface area contributed by atoms with Crippen molar-refractivity contribution in [1.29, 1.82) is 0 Å². The van der Waals surface area contributed by atoms with Crippen molar-refractivity contribution in [2.45, 2.75) is 38.5 Å². The topological polar surface area (TPSA) is 51.1 Å². The number of nitrogens with zero attached hydrogens (tertiary/aromatic N) is 2. The summed E-state index contributed by atoms with van der Waals surface area (Å²) in [5.41, 5.74) is 3.37. The highest BCUT2D eigenvalue weighted by atomic mass is 16.5. The van der Waals surface area contributed by atoms with Crippen LogP contribution in [0, 0.1) is 0 Å². The molecule has 3 aromatic rings. The number of para-hydroxylation sites is 2. The van der Waals surface area contributed by atoms with Gasteiger partial charge in [0.05, 0.1) is 17.6 Å². The number of fused-ring (bicyclic) bond motifs is 1. The van der Waals surface area contributed by atoms with Gasteiger partial charge in [-0.2, -0.15) is 0 Å². The van der Waals surface area contributed by atoms with Crippen molar-refractivity contribution in [2.75, 3.05) is 25.0 Å². The quantitative estimate of drug-likeness (QED) is 0.666. The molecule has 2 aromatic carbocycles. The highest BCUT2D eigenvalue weighted by Crippen LogP contribution is 2.27. The standard InChI is InChI=1S/C22H28N4O/c1-2-27-21(17-8-4-3-5-9-17)16-26-20-11-7-6-10-19(20)25-22(26)24-18-12-14-23-15-13-18/h3-11,18,21,23H,2,12-16H2,1H3,(H,24,25). The Morgan fingerprint density at radius 2 is 1.85 bits per heavy atom. The lowest BCUT2D eigenvalue weighted by Gasteiger charge is -2.25. The summed E-state index contributed by atoms with van der Waals surface area (Å²) >= 11 is 0. The number of piperidine rings is 1. The van der Waals surface area contributed by atoms with E-state index in [1.807, 2.05) is 12.1 Å². The van der Waals surface area contributed by atoms with Gasteiger partial charge in [-0.1, -0.05) is 42.5 Å². The number of anilines is 1. The molecule has 1 atom stereocenters. The fourth-order valence-electron chi connectivity index (χ4n) is 3.81. The molecule has 2 heterocycles. The average molecular weight is 364 g/mol. The third kappa shape index (κ3) is 4.15. The van der Waals surface area contributed by atoms with Crippen LogP contribution in [0.25, 0.3) is 11.0 Å². The molecule has 1 saturated heterocycles. The molecule has 4 rings (SSSR count). The van der Waals surface area contributed by atoms with E-state index in [2.05, 4.69) is 64.6 Å². The zero-order chi connectivity index (χ0) is 18.5. The summed E-state index contributed by atoms with van der Waals surface area (Å²) < 4.78 is 8.39. The van der Waals surface area contributed by atoms with Crippen LogP contribution in [-0.2, 0) is 11.3 Å². The monoisotopic (exact) mass is 364 g/mol. The molecule has 1 fully saturated rings. The predicted molar refractivity (Wildman–Crippen MR) is 110 cm³/mol. The first-order valence-electron chi connectivity index (χ1n) is 9.94. The van der Waals surface area contributed by atoms with E-state index >= 15 is 0 Å². The molecule has 5 heteroatoms. The van der Waals surface area contributed by atoms with Gasteiger partial charge in [0.1, 0.15) is 6.10 Å². The molecule has 0 spiro atoms. The highest BCUT2D eigenvalue weighted by molar-refractivity contribution is 5.78. The van der Waals surface area contributed by atoms with Crippen molar-refractivity contribution in [2.24, 2.45) is 0 Å². The summed E-state index contributed by atoms with van der Waals surface area (Å²) in [6.07, 6.45) is 2.25. The summed E-state index contributed by atoms with van der Waals surface area (Å²) in [5.74, 6) is 0.948. The second-order valence-corrected chi connectivity index (χ2v) is 7.06. The van der Waals surface area contributed by atoms with Gasteiger partial charge in [-0.25, -0.2) is 4.98 Å². The Morgan fingerprint density at radius 1 is 1.11 bits per heavy atom. The lowest BCUT2D eigenvalue weighted by molar-refractivity contribution is 0.0509. The second-order valence-electron chi connectivity index (χ2n) is 7.06. The van der Waals surface area contributed by atoms with Gasteiger partial charge >= 0.3 is 0 Å². The van der Waals surface area contributed by atoms with E-state index in [9.17, 15) is 0 Å². The van der Waals surface area contributed by atoms with Crippen LogP contribution in [0.5, 0.6) is 0 Å². The molecule has 0 radical (unpaired) electrons. The smallest absolute Gasteiger partial charge is 0.204 e. The fourth-order valence-corrected chi connectivity index (χ4v) is 3.81. The number of aromatic nitrogens is 2. The second kappa shape index (κ2) is 8.55. The van der Waals surface area contributed by atoms with Crippen LogP contribution in [0.4, 0.5) is 5.95 Å². The summed E-state index contributed by atoms with van der Waals surface area (Å²) in [6.45, 7) is 5.60.